The average molecular weight is 523 g/mol. The van der Waals surface area contributed by atoms with E-state index in [1.165, 1.54) is 16.4 Å². The first kappa shape index (κ1) is 26.5. The Morgan fingerprint density at radius 2 is 1.59 bits per heavy atom. The SMILES string of the molecule is Cc1ccc(C)c(NC(=O)C(OC(=O)c2cc(S(=O)(=O)N3CCOCC3)ccc2C)c2ccccc2)c1. The molecule has 3 aromatic carbocycles. The number of nitrogens with zero attached hydrogens (tertiary/aromatic N) is 1. The van der Waals surface area contributed by atoms with Crippen molar-refractivity contribution in [3.8, 4) is 0 Å². The van der Waals surface area contributed by atoms with Crippen LogP contribution in [0.5, 0.6) is 0 Å². The third kappa shape index (κ3) is 6.07. The topological polar surface area (TPSA) is 102 Å². The van der Waals surface area contributed by atoms with Crippen molar-refractivity contribution < 1.29 is 27.5 Å². The highest BCUT2D eigenvalue weighted by atomic mass is 32.2. The van der Waals surface area contributed by atoms with Crippen molar-refractivity contribution in [1.29, 1.82) is 0 Å². The van der Waals surface area contributed by atoms with Gasteiger partial charge in [-0.2, -0.15) is 4.31 Å². The van der Waals surface area contributed by atoms with Crippen molar-refractivity contribution in [3.05, 3.63) is 94.5 Å². The van der Waals surface area contributed by atoms with Crippen LogP contribution < -0.4 is 5.32 Å². The lowest BCUT2D eigenvalue weighted by Crippen LogP contribution is -2.40. The van der Waals surface area contributed by atoms with Crippen LogP contribution in [0.3, 0.4) is 0 Å². The van der Waals surface area contributed by atoms with Gasteiger partial charge in [0.05, 0.1) is 23.7 Å². The largest absolute Gasteiger partial charge is 0.444 e. The van der Waals surface area contributed by atoms with Gasteiger partial charge >= 0.3 is 5.97 Å². The number of rotatable bonds is 7. The molecule has 0 saturated carbocycles. The number of nitrogens with one attached hydrogen (secondary N) is 1. The summed E-state index contributed by atoms with van der Waals surface area (Å²) in [4.78, 5) is 26.7. The van der Waals surface area contributed by atoms with Gasteiger partial charge in [0.2, 0.25) is 16.1 Å². The van der Waals surface area contributed by atoms with Crippen molar-refractivity contribution in [2.24, 2.45) is 0 Å². The van der Waals surface area contributed by atoms with Gasteiger partial charge in [-0.05, 0) is 55.7 Å². The van der Waals surface area contributed by atoms with E-state index in [0.717, 1.165) is 11.1 Å². The zero-order chi connectivity index (χ0) is 26.6. The standard InChI is InChI=1S/C28H30N2O6S/c1-19-9-10-21(3)25(17-19)29-27(31)26(22-7-5-4-6-8-22)36-28(32)24-18-23(12-11-20(24)2)37(33,34)30-13-15-35-16-14-30/h4-12,17-18,26H,13-16H2,1-3H3,(H,29,31). The molecule has 3 aromatic rings. The predicted molar refractivity (Wildman–Crippen MR) is 140 cm³/mol. The highest BCUT2D eigenvalue weighted by Crippen LogP contribution is 2.26. The van der Waals surface area contributed by atoms with Crippen LogP contribution in [0.15, 0.2) is 71.6 Å². The Morgan fingerprint density at radius 1 is 0.919 bits per heavy atom. The van der Waals surface area contributed by atoms with E-state index >= 15 is 0 Å². The van der Waals surface area contributed by atoms with Gasteiger partial charge in [0, 0.05) is 24.3 Å². The van der Waals surface area contributed by atoms with Crippen LogP contribution in [-0.4, -0.2) is 50.9 Å². The monoisotopic (exact) mass is 522 g/mol. The third-order valence-electron chi connectivity index (χ3n) is 6.25. The molecule has 1 aliphatic heterocycles. The molecule has 0 aliphatic carbocycles. The van der Waals surface area contributed by atoms with E-state index in [9.17, 15) is 18.0 Å². The second-order valence-electron chi connectivity index (χ2n) is 9.00. The minimum atomic E-state index is -3.82. The summed E-state index contributed by atoms with van der Waals surface area (Å²) in [6.07, 6.45) is -1.24. The van der Waals surface area contributed by atoms with E-state index in [2.05, 4.69) is 5.32 Å². The fraction of sp³-hybridized carbons (Fsp3) is 0.286. The lowest BCUT2D eigenvalue weighted by Gasteiger charge is -2.26. The summed E-state index contributed by atoms with van der Waals surface area (Å²) in [6.45, 7) is 6.60. The number of morpholine rings is 1. The molecular formula is C28H30N2O6S. The Hall–Kier alpha value is -3.53. The van der Waals surface area contributed by atoms with Gasteiger partial charge in [-0.3, -0.25) is 4.79 Å². The Bertz CT molecular complexity index is 1400. The van der Waals surface area contributed by atoms with Crippen LogP contribution in [-0.2, 0) is 24.3 Å². The normalized spacial score (nSPS) is 15.1. The number of carbonyl (C=O) groups excluding carboxylic acids is 2. The molecule has 8 nitrogen and oxygen atoms in total. The van der Waals surface area contributed by atoms with Gasteiger partial charge in [0.1, 0.15) is 0 Å². The summed E-state index contributed by atoms with van der Waals surface area (Å²) in [7, 11) is -3.82. The third-order valence-corrected chi connectivity index (χ3v) is 8.15. The lowest BCUT2D eigenvalue weighted by atomic mass is 10.1. The van der Waals surface area contributed by atoms with Gasteiger partial charge in [-0.25, -0.2) is 13.2 Å². The lowest BCUT2D eigenvalue weighted by molar-refractivity contribution is -0.125. The number of hydrogen-bond donors (Lipinski definition) is 1. The molecule has 0 spiro atoms. The molecule has 194 valence electrons. The van der Waals surface area contributed by atoms with E-state index < -0.39 is 28.0 Å². The molecule has 1 fully saturated rings. The highest BCUT2D eigenvalue weighted by molar-refractivity contribution is 7.89. The maximum Gasteiger partial charge on any atom is 0.339 e. The van der Waals surface area contributed by atoms with E-state index in [4.69, 9.17) is 9.47 Å². The molecule has 0 radical (unpaired) electrons. The number of anilines is 1. The second kappa shape index (κ2) is 11.2. The molecule has 0 aromatic heterocycles. The molecular weight excluding hydrogens is 492 g/mol. The predicted octanol–water partition coefficient (Wildman–Crippen LogP) is 4.17. The quantitative estimate of drug-likeness (QED) is 0.468. The Balaban J connectivity index is 1.63. The average Bonchev–Trinajstić information content (AvgIpc) is 2.90. The second-order valence-corrected chi connectivity index (χ2v) is 10.9. The molecule has 1 heterocycles. The first-order valence-corrected chi connectivity index (χ1v) is 13.4. The van der Waals surface area contributed by atoms with Crippen LogP contribution in [0.2, 0.25) is 0 Å². The van der Waals surface area contributed by atoms with Crippen molar-refractivity contribution in [3.63, 3.8) is 0 Å². The maximum atomic E-state index is 13.4. The van der Waals surface area contributed by atoms with E-state index in [-0.39, 0.29) is 23.5 Å². The van der Waals surface area contributed by atoms with E-state index in [0.29, 0.717) is 30.0 Å². The fourth-order valence-corrected chi connectivity index (χ4v) is 5.49. The van der Waals surface area contributed by atoms with E-state index in [1.54, 1.807) is 43.3 Å². The first-order valence-electron chi connectivity index (χ1n) is 12.0. The summed E-state index contributed by atoms with van der Waals surface area (Å²) in [5, 5.41) is 2.87. The summed E-state index contributed by atoms with van der Waals surface area (Å²) in [5.41, 5.74) is 3.57. The molecule has 0 bridgehead atoms. The Morgan fingerprint density at radius 3 is 2.30 bits per heavy atom. The number of amides is 1. The van der Waals surface area contributed by atoms with Gasteiger partial charge in [-0.1, -0.05) is 48.5 Å². The summed E-state index contributed by atoms with van der Waals surface area (Å²) >= 11 is 0. The number of carbonyl (C=O) groups is 2. The molecule has 1 aliphatic rings. The van der Waals surface area contributed by atoms with Crippen LogP contribution in [0.4, 0.5) is 5.69 Å². The molecule has 1 amide bonds. The molecule has 1 saturated heterocycles. The number of esters is 1. The summed E-state index contributed by atoms with van der Waals surface area (Å²) in [6, 6.07) is 18.8. The van der Waals surface area contributed by atoms with Gasteiger partial charge < -0.3 is 14.8 Å². The number of sulfonamides is 1. The maximum absolute atomic E-state index is 13.4. The fourth-order valence-electron chi connectivity index (χ4n) is 4.06. The minimum Gasteiger partial charge on any atom is -0.444 e. The Kier molecular flexibility index (Phi) is 8.06. The zero-order valence-corrected chi connectivity index (χ0v) is 21.9. The molecule has 9 heteroatoms. The summed E-state index contributed by atoms with van der Waals surface area (Å²) < 4.78 is 38.6. The minimum absolute atomic E-state index is 0.0111. The molecule has 1 unspecified atom stereocenters. The van der Waals surface area contributed by atoms with Crippen LogP contribution >= 0.6 is 0 Å². The number of aryl methyl sites for hydroxylation is 3. The molecule has 1 atom stereocenters. The molecule has 1 N–H and O–H groups in total. The molecule has 37 heavy (non-hydrogen) atoms. The first-order chi connectivity index (χ1) is 17.7. The van der Waals surface area contributed by atoms with Crippen LogP contribution in [0.1, 0.15) is 38.7 Å². The number of ether oxygens (including phenoxy) is 2. The van der Waals surface area contributed by atoms with Gasteiger partial charge in [-0.15, -0.1) is 0 Å². The van der Waals surface area contributed by atoms with Crippen molar-refractivity contribution in [1.82, 2.24) is 4.31 Å². The number of hydrogen-bond acceptors (Lipinski definition) is 6. The summed E-state index contributed by atoms with van der Waals surface area (Å²) in [5.74, 6) is -1.30. The van der Waals surface area contributed by atoms with Gasteiger partial charge in [0.25, 0.3) is 5.91 Å². The number of benzene rings is 3. The van der Waals surface area contributed by atoms with Gasteiger partial charge in [0.15, 0.2) is 0 Å². The van der Waals surface area contributed by atoms with Crippen molar-refractivity contribution >= 4 is 27.6 Å². The van der Waals surface area contributed by atoms with Crippen molar-refractivity contribution in [2.75, 3.05) is 31.6 Å². The molecule has 4 rings (SSSR count). The van der Waals surface area contributed by atoms with Crippen LogP contribution in [0, 0.1) is 20.8 Å². The Labute approximate surface area is 217 Å². The van der Waals surface area contributed by atoms with E-state index in [1.807, 2.05) is 32.0 Å². The zero-order valence-electron chi connectivity index (χ0n) is 21.1. The van der Waals surface area contributed by atoms with Crippen LogP contribution in [0.25, 0.3) is 0 Å². The van der Waals surface area contributed by atoms with Crippen molar-refractivity contribution in [2.45, 2.75) is 31.8 Å². The highest BCUT2D eigenvalue weighted by Gasteiger charge is 2.30. The smallest absolute Gasteiger partial charge is 0.339 e.